The Morgan fingerprint density at radius 3 is 2.67 bits per heavy atom. The summed E-state index contributed by atoms with van der Waals surface area (Å²) in [6.45, 7) is 2.15. The molecule has 0 aromatic carbocycles. The molecule has 0 aromatic rings. The Balaban J connectivity index is 1.71. The summed E-state index contributed by atoms with van der Waals surface area (Å²) in [5.41, 5.74) is 0. The van der Waals surface area contributed by atoms with Crippen LogP contribution in [-0.4, -0.2) is 78.6 Å². The number of carbonyl (C=O) groups is 1. The monoisotopic (exact) mass is 316 g/mol. The molecule has 3 rings (SSSR count). The van der Waals surface area contributed by atoms with Gasteiger partial charge in [0, 0.05) is 18.1 Å². The summed E-state index contributed by atoms with van der Waals surface area (Å²) in [7, 11) is -2.98. The Morgan fingerprint density at radius 1 is 1.19 bits per heavy atom. The van der Waals surface area contributed by atoms with E-state index in [1.807, 2.05) is 4.90 Å². The van der Waals surface area contributed by atoms with Crippen LogP contribution >= 0.6 is 0 Å². The summed E-state index contributed by atoms with van der Waals surface area (Å²) in [6, 6.07) is 0.681. The molecule has 3 aliphatic rings. The highest BCUT2D eigenvalue weighted by Gasteiger charge is 2.40. The van der Waals surface area contributed by atoms with Crippen LogP contribution in [0.4, 0.5) is 0 Å². The maximum absolute atomic E-state index is 11.7. The quantitative estimate of drug-likeness (QED) is 0.797. The fourth-order valence-corrected chi connectivity index (χ4v) is 6.00. The van der Waals surface area contributed by atoms with Gasteiger partial charge in [-0.05, 0) is 45.2 Å². The average molecular weight is 316 g/mol. The zero-order valence-corrected chi connectivity index (χ0v) is 13.1. The maximum atomic E-state index is 11.7. The first-order valence-corrected chi connectivity index (χ1v) is 9.69. The first kappa shape index (κ1) is 15.2. The molecule has 120 valence electrons. The van der Waals surface area contributed by atoms with Crippen LogP contribution in [0, 0.1) is 0 Å². The molecule has 3 atom stereocenters. The summed E-state index contributed by atoms with van der Waals surface area (Å²) in [6.07, 6.45) is 4.96. The lowest BCUT2D eigenvalue weighted by molar-refractivity contribution is -0.140. The van der Waals surface area contributed by atoms with E-state index in [9.17, 15) is 18.3 Å². The van der Waals surface area contributed by atoms with Crippen molar-refractivity contribution in [3.63, 3.8) is 0 Å². The number of sulfone groups is 1. The van der Waals surface area contributed by atoms with Crippen molar-refractivity contribution in [1.82, 2.24) is 9.80 Å². The molecule has 0 bridgehead atoms. The summed E-state index contributed by atoms with van der Waals surface area (Å²) < 4.78 is 23.4. The van der Waals surface area contributed by atoms with Crippen molar-refractivity contribution in [2.45, 2.75) is 50.2 Å². The number of piperidine rings is 1. The smallest absolute Gasteiger partial charge is 0.317 e. The second-order valence-corrected chi connectivity index (χ2v) is 8.86. The molecule has 0 aromatic heterocycles. The molecule has 0 spiro atoms. The van der Waals surface area contributed by atoms with Gasteiger partial charge in [0.1, 0.15) is 0 Å². The van der Waals surface area contributed by atoms with Gasteiger partial charge in [-0.15, -0.1) is 0 Å². The third kappa shape index (κ3) is 3.40. The first-order valence-electron chi connectivity index (χ1n) is 7.86. The lowest BCUT2D eigenvalue weighted by Crippen LogP contribution is -2.52. The molecular formula is C14H24N2O4S. The molecule has 0 saturated carbocycles. The number of carboxylic acid groups (broad SMARTS) is 1. The number of carboxylic acids is 1. The third-order valence-corrected chi connectivity index (χ3v) is 7.01. The Bertz CT molecular complexity index is 507. The molecule has 1 N–H and O–H groups in total. The minimum absolute atomic E-state index is 0.0302. The summed E-state index contributed by atoms with van der Waals surface area (Å²) in [5.74, 6) is -0.519. The van der Waals surface area contributed by atoms with Crippen molar-refractivity contribution in [2.24, 2.45) is 0 Å². The van der Waals surface area contributed by atoms with Gasteiger partial charge in [0.2, 0.25) is 0 Å². The minimum atomic E-state index is -2.98. The Hall–Kier alpha value is -0.660. The fourth-order valence-electron chi connectivity index (χ4n) is 4.25. The largest absolute Gasteiger partial charge is 0.480 e. The van der Waals surface area contributed by atoms with Crippen LogP contribution < -0.4 is 0 Å². The van der Waals surface area contributed by atoms with Crippen LogP contribution in [0.15, 0.2) is 0 Å². The highest BCUT2D eigenvalue weighted by Crippen LogP contribution is 2.31. The predicted octanol–water partition coefficient (Wildman–Crippen LogP) is 0.187. The minimum Gasteiger partial charge on any atom is -0.480 e. The predicted molar refractivity (Wildman–Crippen MR) is 79.0 cm³/mol. The summed E-state index contributed by atoms with van der Waals surface area (Å²) in [4.78, 5) is 15.7. The van der Waals surface area contributed by atoms with Crippen molar-refractivity contribution in [3.8, 4) is 0 Å². The summed E-state index contributed by atoms with van der Waals surface area (Å²) in [5, 5.41) is 9.19. The fraction of sp³-hybridized carbons (Fsp3) is 0.929. The normalized spacial score (nSPS) is 36.0. The number of rotatable bonds is 4. The van der Waals surface area contributed by atoms with Gasteiger partial charge in [-0.2, -0.15) is 0 Å². The lowest BCUT2D eigenvalue weighted by Gasteiger charge is -2.42. The topological polar surface area (TPSA) is 77.9 Å². The van der Waals surface area contributed by atoms with E-state index in [4.69, 9.17) is 0 Å². The van der Waals surface area contributed by atoms with Gasteiger partial charge in [0.15, 0.2) is 9.84 Å². The number of hydrogen-bond donors (Lipinski definition) is 1. The van der Waals surface area contributed by atoms with E-state index < -0.39 is 15.8 Å². The van der Waals surface area contributed by atoms with Gasteiger partial charge in [0.05, 0.1) is 18.1 Å². The van der Waals surface area contributed by atoms with Crippen LogP contribution in [0.2, 0.25) is 0 Å². The van der Waals surface area contributed by atoms with Crippen molar-refractivity contribution >= 4 is 15.8 Å². The van der Waals surface area contributed by atoms with E-state index in [1.54, 1.807) is 0 Å². The Morgan fingerprint density at radius 2 is 2.00 bits per heavy atom. The molecular weight excluding hydrogens is 292 g/mol. The van der Waals surface area contributed by atoms with E-state index in [0.29, 0.717) is 12.5 Å². The highest BCUT2D eigenvalue weighted by atomic mass is 32.2. The van der Waals surface area contributed by atoms with Crippen LogP contribution in [0.5, 0.6) is 0 Å². The molecule has 3 heterocycles. The first-order chi connectivity index (χ1) is 9.94. The van der Waals surface area contributed by atoms with Gasteiger partial charge in [-0.25, -0.2) is 8.42 Å². The van der Waals surface area contributed by atoms with E-state index >= 15 is 0 Å². The van der Waals surface area contributed by atoms with Gasteiger partial charge in [0.25, 0.3) is 0 Å². The Kier molecular flexibility index (Phi) is 4.25. The molecule has 0 amide bonds. The highest BCUT2D eigenvalue weighted by molar-refractivity contribution is 7.91. The molecule has 3 unspecified atom stereocenters. The van der Waals surface area contributed by atoms with Crippen LogP contribution in [-0.2, 0) is 14.6 Å². The number of nitrogens with zero attached hydrogens (tertiary/aromatic N) is 2. The third-order valence-electron chi connectivity index (χ3n) is 5.26. The van der Waals surface area contributed by atoms with Crippen molar-refractivity contribution in [1.29, 1.82) is 0 Å². The van der Waals surface area contributed by atoms with Gasteiger partial charge in [-0.1, -0.05) is 0 Å². The van der Waals surface area contributed by atoms with Crippen molar-refractivity contribution < 1.29 is 18.3 Å². The molecule has 21 heavy (non-hydrogen) atoms. The number of fused-ring (bicyclic) bond motifs is 1. The van der Waals surface area contributed by atoms with Gasteiger partial charge >= 0.3 is 5.97 Å². The van der Waals surface area contributed by atoms with E-state index in [1.165, 1.54) is 12.8 Å². The van der Waals surface area contributed by atoms with E-state index in [0.717, 1.165) is 25.9 Å². The van der Waals surface area contributed by atoms with E-state index in [2.05, 4.69) is 4.90 Å². The molecule has 0 aliphatic carbocycles. The van der Waals surface area contributed by atoms with E-state index in [-0.39, 0.29) is 30.1 Å². The molecule has 6 nitrogen and oxygen atoms in total. The number of hydrogen-bond acceptors (Lipinski definition) is 5. The standard InChI is InChI=1S/C14H24N2O4S/c17-14(18)9-16(13-4-7-21(19,20)10-13)12-3-6-15-5-1-2-11(15)8-12/h11-13H,1-10H2,(H,17,18). The van der Waals surface area contributed by atoms with Crippen molar-refractivity contribution in [3.05, 3.63) is 0 Å². The Labute approximate surface area is 126 Å². The second-order valence-electron chi connectivity index (χ2n) is 6.63. The summed E-state index contributed by atoms with van der Waals surface area (Å²) >= 11 is 0. The van der Waals surface area contributed by atoms with Crippen LogP contribution in [0.3, 0.4) is 0 Å². The average Bonchev–Trinajstić information content (AvgIpc) is 3.00. The number of aliphatic carboxylic acids is 1. The van der Waals surface area contributed by atoms with Crippen LogP contribution in [0.25, 0.3) is 0 Å². The molecule has 3 fully saturated rings. The van der Waals surface area contributed by atoms with Gasteiger partial charge in [-0.3, -0.25) is 9.69 Å². The molecule has 3 saturated heterocycles. The zero-order chi connectivity index (χ0) is 15.0. The maximum Gasteiger partial charge on any atom is 0.317 e. The molecule has 3 aliphatic heterocycles. The van der Waals surface area contributed by atoms with Gasteiger partial charge < -0.3 is 10.0 Å². The molecule has 7 heteroatoms. The lowest BCUT2D eigenvalue weighted by atomic mass is 9.94. The zero-order valence-electron chi connectivity index (χ0n) is 12.3. The SMILES string of the molecule is O=C(O)CN(C1CCN2CCCC2C1)C1CCS(=O)(=O)C1. The van der Waals surface area contributed by atoms with Crippen molar-refractivity contribution in [2.75, 3.05) is 31.1 Å². The second kappa shape index (κ2) is 5.85. The molecule has 0 radical (unpaired) electrons. The van der Waals surface area contributed by atoms with Crippen LogP contribution in [0.1, 0.15) is 32.1 Å².